The van der Waals surface area contributed by atoms with Crippen LogP contribution in [0.2, 0.25) is 0 Å². The van der Waals surface area contributed by atoms with E-state index in [1.807, 2.05) is 0 Å². The maximum absolute atomic E-state index is 13.4. The summed E-state index contributed by atoms with van der Waals surface area (Å²) in [6, 6.07) is 3.26. The van der Waals surface area contributed by atoms with Crippen LogP contribution in [-0.2, 0) is 11.3 Å². The lowest BCUT2D eigenvalue weighted by Crippen LogP contribution is -2.05. The van der Waals surface area contributed by atoms with Gasteiger partial charge in [0.1, 0.15) is 11.6 Å². The molecule has 0 unspecified atom stereocenters. The van der Waals surface area contributed by atoms with Crippen LogP contribution >= 0.6 is 0 Å². The minimum absolute atomic E-state index is 0.0457. The SMILES string of the molecule is CCOC(=O)c1cn(Cc2ccc(F)cc2F)nn1. The smallest absolute Gasteiger partial charge is 0.360 e. The van der Waals surface area contributed by atoms with E-state index in [2.05, 4.69) is 10.3 Å². The molecule has 0 N–H and O–H groups in total. The molecule has 19 heavy (non-hydrogen) atoms. The molecule has 0 aliphatic rings. The Hall–Kier alpha value is -2.31. The molecule has 2 rings (SSSR count). The van der Waals surface area contributed by atoms with Gasteiger partial charge in [0.05, 0.1) is 19.3 Å². The van der Waals surface area contributed by atoms with Crippen LogP contribution in [0.4, 0.5) is 8.78 Å². The van der Waals surface area contributed by atoms with Crippen molar-refractivity contribution in [3.63, 3.8) is 0 Å². The lowest BCUT2D eigenvalue weighted by atomic mass is 10.2. The number of esters is 1. The molecule has 2 aromatic rings. The Kier molecular flexibility index (Phi) is 3.84. The Morgan fingerprint density at radius 2 is 2.21 bits per heavy atom. The van der Waals surface area contributed by atoms with E-state index in [-0.39, 0.29) is 24.4 Å². The lowest BCUT2D eigenvalue weighted by Gasteiger charge is -2.02. The van der Waals surface area contributed by atoms with Gasteiger partial charge in [0, 0.05) is 11.6 Å². The fourth-order valence-corrected chi connectivity index (χ4v) is 1.50. The van der Waals surface area contributed by atoms with Crippen molar-refractivity contribution in [2.24, 2.45) is 0 Å². The molecule has 0 fully saturated rings. The molecular weight excluding hydrogens is 256 g/mol. The highest BCUT2D eigenvalue weighted by Crippen LogP contribution is 2.11. The zero-order valence-corrected chi connectivity index (χ0v) is 10.1. The van der Waals surface area contributed by atoms with Crippen LogP contribution in [-0.4, -0.2) is 27.6 Å². The summed E-state index contributed by atoms with van der Waals surface area (Å²) >= 11 is 0. The number of rotatable bonds is 4. The van der Waals surface area contributed by atoms with Gasteiger partial charge in [-0.15, -0.1) is 5.10 Å². The quantitative estimate of drug-likeness (QED) is 0.792. The molecule has 0 radical (unpaired) electrons. The van der Waals surface area contributed by atoms with Gasteiger partial charge in [-0.3, -0.25) is 0 Å². The maximum Gasteiger partial charge on any atom is 0.360 e. The number of nitrogens with zero attached hydrogens (tertiary/aromatic N) is 3. The first-order valence-electron chi connectivity index (χ1n) is 5.61. The molecule has 1 aromatic heterocycles. The second-order valence-electron chi connectivity index (χ2n) is 3.76. The summed E-state index contributed by atoms with van der Waals surface area (Å²) in [6.07, 6.45) is 1.35. The Morgan fingerprint density at radius 3 is 2.89 bits per heavy atom. The van der Waals surface area contributed by atoms with Crippen LogP contribution in [0.1, 0.15) is 23.0 Å². The van der Waals surface area contributed by atoms with Crippen molar-refractivity contribution >= 4 is 5.97 Å². The van der Waals surface area contributed by atoms with Gasteiger partial charge in [0.25, 0.3) is 0 Å². The Balaban J connectivity index is 2.13. The number of hydrogen-bond acceptors (Lipinski definition) is 4. The largest absolute Gasteiger partial charge is 0.461 e. The van der Waals surface area contributed by atoms with E-state index in [4.69, 9.17) is 4.74 Å². The van der Waals surface area contributed by atoms with E-state index in [0.29, 0.717) is 0 Å². The van der Waals surface area contributed by atoms with Crippen molar-refractivity contribution in [1.29, 1.82) is 0 Å². The van der Waals surface area contributed by atoms with Crippen LogP contribution in [0.15, 0.2) is 24.4 Å². The minimum Gasteiger partial charge on any atom is -0.461 e. The van der Waals surface area contributed by atoms with Crippen molar-refractivity contribution in [3.05, 3.63) is 47.3 Å². The van der Waals surface area contributed by atoms with E-state index in [1.165, 1.54) is 16.9 Å². The fourth-order valence-electron chi connectivity index (χ4n) is 1.50. The summed E-state index contributed by atoms with van der Waals surface area (Å²) in [5.74, 6) is -1.91. The first-order chi connectivity index (χ1) is 9.10. The van der Waals surface area contributed by atoms with Crippen LogP contribution < -0.4 is 0 Å². The second kappa shape index (κ2) is 5.55. The predicted octanol–water partition coefficient (Wildman–Crippen LogP) is 1.78. The topological polar surface area (TPSA) is 57.0 Å². The monoisotopic (exact) mass is 267 g/mol. The molecule has 0 saturated carbocycles. The van der Waals surface area contributed by atoms with Crippen molar-refractivity contribution in [3.8, 4) is 0 Å². The Labute approximate surface area is 107 Å². The molecule has 0 spiro atoms. The van der Waals surface area contributed by atoms with Crippen molar-refractivity contribution in [2.75, 3.05) is 6.61 Å². The van der Waals surface area contributed by atoms with Gasteiger partial charge in [-0.05, 0) is 13.0 Å². The Morgan fingerprint density at radius 1 is 1.42 bits per heavy atom. The van der Waals surface area contributed by atoms with Gasteiger partial charge in [0.2, 0.25) is 0 Å². The second-order valence-corrected chi connectivity index (χ2v) is 3.76. The number of carbonyl (C=O) groups excluding carboxylic acids is 1. The first kappa shape index (κ1) is 13.1. The van der Waals surface area contributed by atoms with E-state index >= 15 is 0 Å². The minimum atomic E-state index is -0.673. The molecule has 0 atom stereocenters. The number of halogens is 2. The van der Waals surface area contributed by atoms with E-state index < -0.39 is 17.6 Å². The van der Waals surface area contributed by atoms with Gasteiger partial charge in [-0.2, -0.15) is 0 Å². The van der Waals surface area contributed by atoms with Gasteiger partial charge in [-0.1, -0.05) is 11.3 Å². The molecule has 0 aliphatic carbocycles. The maximum atomic E-state index is 13.4. The number of carbonyl (C=O) groups is 1. The van der Waals surface area contributed by atoms with Gasteiger partial charge >= 0.3 is 5.97 Å². The van der Waals surface area contributed by atoms with Crippen LogP contribution in [0.3, 0.4) is 0 Å². The van der Waals surface area contributed by atoms with E-state index in [0.717, 1.165) is 12.1 Å². The van der Waals surface area contributed by atoms with Crippen molar-refractivity contribution in [2.45, 2.75) is 13.5 Å². The summed E-state index contributed by atoms with van der Waals surface area (Å²) in [4.78, 5) is 11.4. The molecular formula is C12H11F2N3O2. The summed E-state index contributed by atoms with van der Waals surface area (Å²) < 4.78 is 32.2. The third kappa shape index (κ3) is 3.12. The van der Waals surface area contributed by atoms with Gasteiger partial charge in [-0.25, -0.2) is 18.3 Å². The van der Waals surface area contributed by atoms with E-state index in [1.54, 1.807) is 6.92 Å². The average molecular weight is 267 g/mol. The normalized spacial score (nSPS) is 10.5. The molecule has 1 heterocycles. The van der Waals surface area contributed by atoms with Crippen LogP contribution in [0.5, 0.6) is 0 Å². The zero-order chi connectivity index (χ0) is 13.8. The number of benzene rings is 1. The van der Waals surface area contributed by atoms with Crippen LogP contribution in [0.25, 0.3) is 0 Å². The summed E-state index contributed by atoms with van der Waals surface area (Å²) in [6.45, 7) is 1.97. The van der Waals surface area contributed by atoms with Gasteiger partial charge in [0.15, 0.2) is 5.69 Å². The highest BCUT2D eigenvalue weighted by molar-refractivity contribution is 5.86. The van der Waals surface area contributed by atoms with Gasteiger partial charge < -0.3 is 4.74 Å². The predicted molar refractivity (Wildman–Crippen MR) is 61.4 cm³/mol. The molecule has 7 heteroatoms. The van der Waals surface area contributed by atoms with Crippen LogP contribution in [0, 0.1) is 11.6 Å². The lowest BCUT2D eigenvalue weighted by molar-refractivity contribution is 0.0519. The molecule has 100 valence electrons. The van der Waals surface area contributed by atoms with Crippen molar-refractivity contribution < 1.29 is 18.3 Å². The summed E-state index contributed by atoms with van der Waals surface area (Å²) in [5, 5.41) is 7.30. The standard InChI is InChI=1S/C12H11F2N3O2/c1-2-19-12(18)11-7-17(16-15-11)6-8-3-4-9(13)5-10(8)14/h3-5,7H,2,6H2,1H3. The highest BCUT2D eigenvalue weighted by Gasteiger charge is 2.12. The number of ether oxygens (including phenoxy) is 1. The molecule has 0 amide bonds. The van der Waals surface area contributed by atoms with Crippen molar-refractivity contribution in [1.82, 2.24) is 15.0 Å². The Bertz CT molecular complexity index is 598. The molecule has 5 nitrogen and oxygen atoms in total. The summed E-state index contributed by atoms with van der Waals surface area (Å²) in [5.41, 5.74) is 0.297. The number of aromatic nitrogens is 3. The zero-order valence-electron chi connectivity index (χ0n) is 10.1. The number of hydrogen-bond donors (Lipinski definition) is 0. The van der Waals surface area contributed by atoms with E-state index in [9.17, 15) is 13.6 Å². The first-order valence-corrected chi connectivity index (χ1v) is 5.61. The molecule has 0 saturated heterocycles. The third-order valence-electron chi connectivity index (χ3n) is 2.37. The molecule has 0 bridgehead atoms. The third-order valence-corrected chi connectivity index (χ3v) is 2.37. The fraction of sp³-hybridized carbons (Fsp3) is 0.250. The molecule has 1 aromatic carbocycles. The highest BCUT2D eigenvalue weighted by atomic mass is 19.1. The average Bonchev–Trinajstić information content (AvgIpc) is 2.82. The molecule has 0 aliphatic heterocycles. The summed E-state index contributed by atoms with van der Waals surface area (Å²) in [7, 11) is 0.